The fourth-order valence-corrected chi connectivity index (χ4v) is 3.54. The van der Waals surface area contributed by atoms with Gasteiger partial charge in [0, 0.05) is 17.7 Å². The van der Waals surface area contributed by atoms with Crippen LogP contribution in [0.25, 0.3) is 17.4 Å². The predicted molar refractivity (Wildman–Crippen MR) is 113 cm³/mol. The molecule has 0 atom stereocenters. The molecule has 29 heavy (non-hydrogen) atoms. The smallest absolute Gasteiger partial charge is 0.289 e. The van der Waals surface area contributed by atoms with Crippen LogP contribution in [0.1, 0.15) is 11.3 Å². The van der Waals surface area contributed by atoms with Gasteiger partial charge >= 0.3 is 0 Å². The van der Waals surface area contributed by atoms with Crippen LogP contribution in [0, 0.1) is 17.0 Å². The Bertz CT molecular complexity index is 1180. The van der Waals surface area contributed by atoms with Crippen LogP contribution in [0.3, 0.4) is 0 Å². The molecule has 7 nitrogen and oxygen atoms in total. The molecule has 2 aromatic carbocycles. The van der Waals surface area contributed by atoms with Crippen molar-refractivity contribution in [3.8, 4) is 11.3 Å². The maximum absolute atomic E-state index is 11.9. The number of furan rings is 1. The highest BCUT2D eigenvalue weighted by Gasteiger charge is 2.24. The average molecular weight is 405 g/mol. The fraction of sp³-hybridized carbons (Fsp3) is 0.0476. The number of aliphatic imine (C=N–C) groups is 1. The third-order valence-corrected chi connectivity index (χ3v) is 4.96. The van der Waals surface area contributed by atoms with Gasteiger partial charge in [-0.25, -0.2) is 4.99 Å². The van der Waals surface area contributed by atoms with Gasteiger partial charge < -0.3 is 9.73 Å². The molecule has 1 saturated heterocycles. The summed E-state index contributed by atoms with van der Waals surface area (Å²) in [5.41, 5.74) is 2.41. The Morgan fingerprint density at radius 1 is 1.14 bits per heavy atom. The van der Waals surface area contributed by atoms with Crippen molar-refractivity contribution in [2.24, 2.45) is 4.99 Å². The number of benzene rings is 2. The first-order valence-corrected chi connectivity index (χ1v) is 9.50. The first-order chi connectivity index (χ1) is 14.0. The van der Waals surface area contributed by atoms with Crippen LogP contribution in [0.15, 0.2) is 75.0 Å². The minimum atomic E-state index is -0.449. The highest BCUT2D eigenvalue weighted by molar-refractivity contribution is 8.18. The van der Waals surface area contributed by atoms with Crippen molar-refractivity contribution in [2.75, 3.05) is 0 Å². The van der Waals surface area contributed by atoms with Crippen LogP contribution >= 0.6 is 11.8 Å². The van der Waals surface area contributed by atoms with E-state index in [0.717, 1.165) is 23.0 Å². The Balaban J connectivity index is 1.64. The highest BCUT2D eigenvalue weighted by atomic mass is 32.2. The van der Waals surface area contributed by atoms with E-state index in [4.69, 9.17) is 4.42 Å². The molecule has 1 N–H and O–H groups in total. The number of hydrogen-bond acceptors (Lipinski definition) is 6. The van der Waals surface area contributed by atoms with E-state index in [9.17, 15) is 14.9 Å². The number of rotatable bonds is 4. The van der Waals surface area contributed by atoms with Gasteiger partial charge in [-0.2, -0.15) is 0 Å². The maximum atomic E-state index is 11.9. The summed E-state index contributed by atoms with van der Waals surface area (Å²) in [6.45, 7) is 1.97. The van der Waals surface area contributed by atoms with Crippen LogP contribution in [0.4, 0.5) is 16.2 Å². The van der Waals surface area contributed by atoms with Gasteiger partial charge in [-0.3, -0.25) is 14.9 Å². The number of aryl methyl sites for hydroxylation is 1. The Kier molecular flexibility index (Phi) is 5.01. The average Bonchev–Trinajstić information content (AvgIpc) is 3.29. The van der Waals surface area contributed by atoms with Crippen molar-refractivity contribution >= 4 is 40.3 Å². The molecule has 1 aromatic heterocycles. The van der Waals surface area contributed by atoms with Crippen molar-refractivity contribution in [1.82, 2.24) is 5.32 Å². The van der Waals surface area contributed by atoms with Crippen molar-refractivity contribution in [3.63, 3.8) is 0 Å². The lowest BCUT2D eigenvalue weighted by Crippen LogP contribution is -2.18. The normalized spacial score (nSPS) is 16.4. The molecule has 4 rings (SSSR count). The Morgan fingerprint density at radius 3 is 2.76 bits per heavy atom. The number of carbonyl (C=O) groups is 1. The summed E-state index contributed by atoms with van der Waals surface area (Å²) in [5.74, 6) is 1.47. The van der Waals surface area contributed by atoms with Gasteiger partial charge in [-0.15, -0.1) is 0 Å². The van der Waals surface area contributed by atoms with Crippen LogP contribution in [0.5, 0.6) is 0 Å². The minimum absolute atomic E-state index is 0.00692. The van der Waals surface area contributed by atoms with Gasteiger partial charge in [-0.05, 0) is 54.6 Å². The number of thioether (sulfide) groups is 1. The second-order valence-corrected chi connectivity index (χ2v) is 7.35. The second kappa shape index (κ2) is 7.76. The molecular formula is C21H15N3O4S. The number of nitrogens with one attached hydrogen (secondary N) is 1. The standard InChI is InChI=1S/C21H15N3O4S/c1-13-4-2-6-15(10-13)22-20-19(29-21(25)23-20)12-17-8-9-18(28-17)14-5-3-7-16(11-14)24(26)27/h2-12H,1H3,(H,22,23,25)/b19-12-. The summed E-state index contributed by atoms with van der Waals surface area (Å²) < 4.78 is 5.81. The quantitative estimate of drug-likeness (QED) is 0.444. The minimum Gasteiger partial charge on any atom is -0.457 e. The van der Waals surface area contributed by atoms with E-state index in [1.807, 2.05) is 31.2 Å². The zero-order chi connectivity index (χ0) is 20.4. The molecule has 0 saturated carbocycles. The first-order valence-electron chi connectivity index (χ1n) is 8.69. The largest absolute Gasteiger partial charge is 0.457 e. The van der Waals surface area contributed by atoms with Crippen LogP contribution in [-0.2, 0) is 0 Å². The van der Waals surface area contributed by atoms with Gasteiger partial charge in [0.1, 0.15) is 17.4 Å². The number of nitrogens with zero attached hydrogens (tertiary/aromatic N) is 2. The molecule has 2 heterocycles. The number of nitro benzene ring substituents is 1. The topological polar surface area (TPSA) is 97.7 Å². The number of amidine groups is 1. The van der Waals surface area contributed by atoms with E-state index < -0.39 is 4.92 Å². The Hall–Kier alpha value is -3.65. The van der Waals surface area contributed by atoms with Gasteiger partial charge in [0.2, 0.25) is 0 Å². The summed E-state index contributed by atoms with van der Waals surface area (Å²) in [6, 6.07) is 17.4. The lowest BCUT2D eigenvalue weighted by Gasteiger charge is -2.00. The summed E-state index contributed by atoms with van der Waals surface area (Å²) in [4.78, 5) is 27.6. The van der Waals surface area contributed by atoms with Crippen molar-refractivity contribution in [2.45, 2.75) is 6.92 Å². The summed E-state index contributed by atoms with van der Waals surface area (Å²) >= 11 is 1.03. The summed E-state index contributed by atoms with van der Waals surface area (Å²) in [6.07, 6.45) is 1.72. The molecule has 1 fully saturated rings. The second-order valence-electron chi connectivity index (χ2n) is 6.33. The van der Waals surface area contributed by atoms with E-state index in [1.54, 1.807) is 30.3 Å². The molecular weight excluding hydrogens is 390 g/mol. The molecule has 1 amide bonds. The zero-order valence-electron chi connectivity index (χ0n) is 15.3. The fourth-order valence-electron chi connectivity index (χ4n) is 2.83. The molecule has 3 aromatic rings. The number of carbonyl (C=O) groups excluding carboxylic acids is 1. The lowest BCUT2D eigenvalue weighted by atomic mass is 10.1. The van der Waals surface area contributed by atoms with Crippen LogP contribution in [-0.4, -0.2) is 16.0 Å². The van der Waals surface area contributed by atoms with Crippen molar-refractivity contribution < 1.29 is 14.1 Å². The van der Waals surface area contributed by atoms with E-state index >= 15 is 0 Å². The van der Waals surface area contributed by atoms with Crippen LogP contribution < -0.4 is 5.32 Å². The maximum Gasteiger partial charge on any atom is 0.289 e. The van der Waals surface area contributed by atoms with E-state index in [1.165, 1.54) is 12.1 Å². The monoisotopic (exact) mass is 405 g/mol. The summed E-state index contributed by atoms with van der Waals surface area (Å²) in [7, 11) is 0. The van der Waals surface area contributed by atoms with E-state index in [-0.39, 0.29) is 10.9 Å². The number of hydrogen-bond donors (Lipinski definition) is 1. The molecule has 0 aliphatic carbocycles. The third kappa shape index (κ3) is 4.27. The third-order valence-electron chi connectivity index (χ3n) is 4.14. The molecule has 0 spiro atoms. The van der Waals surface area contributed by atoms with Gasteiger partial charge in [0.05, 0.1) is 15.5 Å². The molecule has 0 unspecified atom stereocenters. The van der Waals surface area contributed by atoms with Gasteiger partial charge in [0.25, 0.3) is 10.9 Å². The van der Waals surface area contributed by atoms with Crippen molar-refractivity contribution in [3.05, 3.63) is 87.0 Å². The molecule has 144 valence electrons. The lowest BCUT2D eigenvalue weighted by molar-refractivity contribution is -0.384. The van der Waals surface area contributed by atoms with Gasteiger partial charge in [0.15, 0.2) is 0 Å². The molecule has 8 heteroatoms. The van der Waals surface area contributed by atoms with Crippen LogP contribution in [0.2, 0.25) is 0 Å². The Labute approximate surface area is 170 Å². The zero-order valence-corrected chi connectivity index (χ0v) is 16.1. The Morgan fingerprint density at radius 2 is 1.97 bits per heavy atom. The van der Waals surface area contributed by atoms with E-state index in [0.29, 0.717) is 27.8 Å². The molecule has 1 aliphatic heterocycles. The SMILES string of the molecule is Cc1cccc(N=C2NC(=O)S/C2=C\c2ccc(-c3cccc([N+](=O)[O-])c3)o2)c1. The molecule has 1 aliphatic rings. The van der Waals surface area contributed by atoms with Gasteiger partial charge in [-0.1, -0.05) is 24.3 Å². The van der Waals surface area contributed by atoms with Crippen molar-refractivity contribution in [1.29, 1.82) is 0 Å². The number of non-ortho nitro benzene ring substituents is 1. The first kappa shape index (κ1) is 18.7. The molecule has 0 radical (unpaired) electrons. The number of amides is 1. The summed E-state index contributed by atoms with van der Waals surface area (Å²) in [5, 5.41) is 13.5. The molecule has 0 bridgehead atoms. The predicted octanol–water partition coefficient (Wildman–Crippen LogP) is 5.69. The number of nitro groups is 1. The van der Waals surface area contributed by atoms with E-state index in [2.05, 4.69) is 10.3 Å². The highest BCUT2D eigenvalue weighted by Crippen LogP contribution is 2.31.